The fraction of sp³-hybridized carbons (Fsp3) is 0.375. The highest BCUT2D eigenvalue weighted by atomic mass is 79.9. The molecule has 0 unspecified atom stereocenters. The summed E-state index contributed by atoms with van der Waals surface area (Å²) >= 11 is 4.76. The molecule has 1 aromatic carbocycles. The largest absolute Gasteiger partial charge is 0.468 e. The van der Waals surface area contributed by atoms with E-state index in [4.69, 9.17) is 9.15 Å². The minimum atomic E-state index is -0.292. The molecule has 2 aromatic rings. The van der Waals surface area contributed by atoms with Crippen molar-refractivity contribution in [3.8, 4) is 0 Å². The second-order valence-corrected chi connectivity index (χ2v) is 6.76. The number of carbonyl (C=O) groups excluding carboxylic acids is 2. The first-order valence-electron chi connectivity index (χ1n) is 7.06. The van der Waals surface area contributed by atoms with E-state index in [1.165, 1.54) is 18.9 Å². The summed E-state index contributed by atoms with van der Waals surface area (Å²) in [4.78, 5) is 22.5. The van der Waals surface area contributed by atoms with Crippen molar-refractivity contribution in [2.45, 2.75) is 12.8 Å². The van der Waals surface area contributed by atoms with Crippen LogP contribution in [0, 0.1) is 0 Å². The fourth-order valence-corrected chi connectivity index (χ4v) is 3.02. The minimum Gasteiger partial charge on any atom is -0.468 e. The number of halogens is 1. The number of hydrogen-bond acceptors (Lipinski definition) is 6. The number of furan rings is 1. The van der Waals surface area contributed by atoms with Crippen LogP contribution >= 0.6 is 27.7 Å². The third-order valence-corrected chi connectivity index (χ3v) is 4.46. The predicted molar refractivity (Wildman–Crippen MR) is 92.5 cm³/mol. The van der Waals surface area contributed by atoms with E-state index in [1.54, 1.807) is 0 Å². The highest BCUT2D eigenvalue weighted by Gasteiger charge is 2.08. The molecule has 0 spiro atoms. The predicted octanol–water partition coefficient (Wildman–Crippen LogP) is 3.58. The van der Waals surface area contributed by atoms with Crippen LogP contribution in [0.4, 0.5) is 0 Å². The average Bonchev–Trinajstić information content (AvgIpc) is 2.93. The Balaban J connectivity index is 1.67. The van der Waals surface area contributed by atoms with Gasteiger partial charge in [0.1, 0.15) is 11.3 Å². The monoisotopic (exact) mass is 400 g/mol. The van der Waals surface area contributed by atoms with Crippen LogP contribution in [0.1, 0.15) is 12.2 Å². The van der Waals surface area contributed by atoms with E-state index in [0.717, 1.165) is 21.2 Å². The molecular formula is C16H17BrO5S. The molecule has 0 bridgehead atoms. The molecule has 0 fully saturated rings. The van der Waals surface area contributed by atoms with Gasteiger partial charge in [0, 0.05) is 22.0 Å². The van der Waals surface area contributed by atoms with Gasteiger partial charge in [-0.1, -0.05) is 15.9 Å². The van der Waals surface area contributed by atoms with Gasteiger partial charge in [0.05, 0.1) is 25.9 Å². The molecule has 0 atom stereocenters. The van der Waals surface area contributed by atoms with Gasteiger partial charge in [-0.05, 0) is 24.3 Å². The maximum absolute atomic E-state index is 11.6. The lowest BCUT2D eigenvalue weighted by atomic mass is 10.2. The first-order valence-corrected chi connectivity index (χ1v) is 9.01. The van der Waals surface area contributed by atoms with Crippen LogP contribution in [0.2, 0.25) is 0 Å². The highest BCUT2D eigenvalue weighted by molar-refractivity contribution is 9.10. The number of fused-ring (bicyclic) bond motifs is 1. The van der Waals surface area contributed by atoms with E-state index >= 15 is 0 Å². The quantitative estimate of drug-likeness (QED) is 0.498. The van der Waals surface area contributed by atoms with Crippen LogP contribution < -0.4 is 0 Å². The summed E-state index contributed by atoms with van der Waals surface area (Å²) in [6.07, 6.45) is 0.808. The van der Waals surface area contributed by atoms with Gasteiger partial charge in [0.2, 0.25) is 0 Å². The second-order valence-electron chi connectivity index (χ2n) is 4.74. The van der Waals surface area contributed by atoms with Crippen molar-refractivity contribution in [2.24, 2.45) is 0 Å². The zero-order valence-electron chi connectivity index (χ0n) is 12.7. The molecule has 0 radical (unpaired) electrons. The number of benzene rings is 1. The van der Waals surface area contributed by atoms with Crippen molar-refractivity contribution in [3.05, 3.63) is 34.5 Å². The highest BCUT2D eigenvalue weighted by Crippen LogP contribution is 2.23. The van der Waals surface area contributed by atoms with Gasteiger partial charge in [0.15, 0.2) is 0 Å². The Bertz CT molecular complexity index is 682. The summed E-state index contributed by atoms with van der Waals surface area (Å²) in [5.74, 6) is 0.998. The molecule has 7 heteroatoms. The fourth-order valence-electron chi connectivity index (χ4n) is 1.90. The lowest BCUT2D eigenvalue weighted by Crippen LogP contribution is -2.09. The summed E-state index contributed by atoms with van der Waals surface area (Å²) in [7, 11) is 1.34. The van der Waals surface area contributed by atoms with E-state index < -0.39 is 0 Å². The molecule has 124 valence electrons. The Labute approximate surface area is 146 Å². The molecule has 0 amide bonds. The number of carbonyl (C=O) groups is 2. The molecule has 2 rings (SSSR count). The van der Waals surface area contributed by atoms with Crippen molar-refractivity contribution < 1.29 is 23.5 Å². The van der Waals surface area contributed by atoms with Crippen molar-refractivity contribution in [2.75, 3.05) is 25.2 Å². The lowest BCUT2D eigenvalue weighted by Gasteiger charge is -2.03. The average molecular weight is 401 g/mol. The van der Waals surface area contributed by atoms with Crippen LogP contribution in [0.3, 0.4) is 0 Å². The smallest absolute Gasteiger partial charge is 0.315 e. The van der Waals surface area contributed by atoms with Crippen LogP contribution in [0.15, 0.2) is 33.2 Å². The van der Waals surface area contributed by atoms with E-state index in [9.17, 15) is 9.59 Å². The molecule has 1 aromatic heterocycles. The van der Waals surface area contributed by atoms with E-state index in [2.05, 4.69) is 20.7 Å². The third-order valence-electron chi connectivity index (χ3n) is 3.04. The second kappa shape index (κ2) is 8.98. The Hall–Kier alpha value is -1.47. The summed E-state index contributed by atoms with van der Waals surface area (Å²) in [5.41, 5.74) is 0.814. The number of esters is 2. The molecule has 0 saturated carbocycles. The molecule has 0 aliphatic rings. The molecule has 5 nitrogen and oxygen atoms in total. The zero-order valence-corrected chi connectivity index (χ0v) is 15.1. The van der Waals surface area contributed by atoms with E-state index in [1.807, 2.05) is 24.3 Å². The SMILES string of the molecule is COC(=O)CSCCC(=O)OCCc1cc2cc(Br)ccc2o1. The molecule has 23 heavy (non-hydrogen) atoms. The van der Waals surface area contributed by atoms with Crippen LogP contribution in [-0.2, 0) is 25.5 Å². The van der Waals surface area contributed by atoms with Gasteiger partial charge < -0.3 is 13.9 Å². The Morgan fingerprint density at radius 1 is 1.26 bits per heavy atom. The first-order chi connectivity index (χ1) is 11.1. The maximum Gasteiger partial charge on any atom is 0.315 e. The van der Waals surface area contributed by atoms with E-state index in [0.29, 0.717) is 12.2 Å². The molecule has 0 aliphatic heterocycles. The topological polar surface area (TPSA) is 65.7 Å². The Kier molecular flexibility index (Phi) is 6.98. The third kappa shape index (κ3) is 5.91. The lowest BCUT2D eigenvalue weighted by molar-refractivity contribution is -0.143. The summed E-state index contributed by atoms with van der Waals surface area (Å²) in [6, 6.07) is 7.74. The van der Waals surface area contributed by atoms with Gasteiger partial charge in [-0.15, -0.1) is 11.8 Å². The molecular weight excluding hydrogens is 384 g/mol. The van der Waals surface area contributed by atoms with Gasteiger partial charge in [-0.2, -0.15) is 0 Å². The standard InChI is InChI=1S/C16H17BrO5S/c1-20-16(19)10-23-7-5-15(18)21-6-4-13-9-11-8-12(17)2-3-14(11)22-13/h2-3,8-9H,4-7,10H2,1H3. The number of ether oxygens (including phenoxy) is 2. The summed E-state index contributed by atoms with van der Waals surface area (Å²) < 4.78 is 16.3. The van der Waals surface area contributed by atoms with Gasteiger partial charge in [0.25, 0.3) is 0 Å². The molecule has 0 saturated heterocycles. The Morgan fingerprint density at radius 3 is 2.87 bits per heavy atom. The van der Waals surface area contributed by atoms with Crippen LogP contribution in [-0.4, -0.2) is 37.2 Å². The van der Waals surface area contributed by atoms with Crippen molar-refractivity contribution in [1.29, 1.82) is 0 Å². The first kappa shape index (κ1) is 17.9. The van der Waals surface area contributed by atoms with Crippen molar-refractivity contribution >= 4 is 50.6 Å². The number of rotatable bonds is 8. The maximum atomic E-state index is 11.6. The van der Waals surface area contributed by atoms with Gasteiger partial charge in [-0.25, -0.2) is 0 Å². The summed E-state index contributed by atoms with van der Waals surface area (Å²) in [6.45, 7) is 0.279. The normalized spacial score (nSPS) is 10.7. The Morgan fingerprint density at radius 2 is 2.09 bits per heavy atom. The number of thioether (sulfide) groups is 1. The van der Waals surface area contributed by atoms with Gasteiger partial charge in [-0.3, -0.25) is 9.59 Å². The van der Waals surface area contributed by atoms with Gasteiger partial charge >= 0.3 is 11.9 Å². The zero-order chi connectivity index (χ0) is 16.7. The summed E-state index contributed by atoms with van der Waals surface area (Å²) in [5, 5.41) is 1.01. The number of methoxy groups -OCH3 is 1. The van der Waals surface area contributed by atoms with Crippen LogP contribution in [0.5, 0.6) is 0 Å². The minimum absolute atomic E-state index is 0.248. The van der Waals surface area contributed by atoms with E-state index in [-0.39, 0.29) is 30.7 Å². The van der Waals surface area contributed by atoms with Crippen LogP contribution in [0.25, 0.3) is 11.0 Å². The number of hydrogen-bond donors (Lipinski definition) is 0. The molecule has 1 heterocycles. The van der Waals surface area contributed by atoms with Crippen molar-refractivity contribution in [3.63, 3.8) is 0 Å². The molecule has 0 N–H and O–H groups in total. The molecule has 0 aliphatic carbocycles. The van der Waals surface area contributed by atoms with Crippen molar-refractivity contribution in [1.82, 2.24) is 0 Å².